The van der Waals surface area contributed by atoms with E-state index < -0.39 is 38.5 Å². The molecule has 1 unspecified atom stereocenters. The summed E-state index contributed by atoms with van der Waals surface area (Å²) in [5, 5.41) is 9.82. The largest absolute Gasteiger partial charge is 0.481 e. The fraction of sp³-hybridized carbons (Fsp3) is 0.238. The molecule has 2 N–H and O–H groups in total. The number of carboxylic acids is 1. The number of aryl methyl sites for hydroxylation is 1. The lowest BCUT2D eigenvalue weighted by molar-refractivity contribution is -0.150. The number of hydrogen-bond acceptors (Lipinski definition) is 6. The molecular weight excluding hydrogens is 792 g/mol. The number of imidazole rings is 1. The summed E-state index contributed by atoms with van der Waals surface area (Å²) in [7, 11) is -4.04. The van der Waals surface area contributed by atoms with Gasteiger partial charge in [0.1, 0.15) is 17.4 Å². The van der Waals surface area contributed by atoms with Crippen molar-refractivity contribution in [3.63, 3.8) is 0 Å². The number of hydrogen-bond donors (Lipinski definition) is 2. The molecule has 0 spiro atoms. The molecule has 0 aliphatic heterocycles. The number of aliphatic carboxylic acids is 1. The molecular formula is C42H40BrF2N3O6S. The van der Waals surface area contributed by atoms with Gasteiger partial charge >= 0.3 is 5.97 Å². The molecule has 9 nitrogen and oxygen atoms in total. The second kappa shape index (κ2) is 15.6. The second-order valence-electron chi connectivity index (χ2n) is 14.2. The van der Waals surface area contributed by atoms with Gasteiger partial charge in [-0.3, -0.25) is 4.79 Å². The molecule has 0 fully saturated rings. The lowest BCUT2D eigenvalue weighted by Gasteiger charge is -2.30. The summed E-state index contributed by atoms with van der Waals surface area (Å²) in [6.45, 7) is 11.3. The fourth-order valence-corrected chi connectivity index (χ4v) is 8.10. The maximum absolute atomic E-state index is 15.9. The van der Waals surface area contributed by atoms with Gasteiger partial charge in [-0.25, -0.2) is 26.2 Å². The number of carboxylic acid groups (broad SMARTS) is 1. The van der Waals surface area contributed by atoms with Gasteiger partial charge in [0, 0.05) is 51.6 Å². The van der Waals surface area contributed by atoms with Gasteiger partial charge in [-0.15, -0.1) is 0 Å². The Labute approximate surface area is 326 Å². The number of nitrogens with zero attached hydrogens (tertiary/aromatic N) is 2. The monoisotopic (exact) mass is 831 g/mol. The Morgan fingerprint density at radius 1 is 1.04 bits per heavy atom. The average Bonchev–Trinajstić information content (AvgIpc) is 3.81. The number of rotatable bonds is 15. The van der Waals surface area contributed by atoms with Crippen LogP contribution in [-0.2, 0) is 25.0 Å². The molecule has 6 aromatic rings. The molecule has 1 atom stereocenters. The van der Waals surface area contributed by atoms with E-state index >= 15 is 8.78 Å². The first-order valence-corrected chi connectivity index (χ1v) is 19.7. The minimum atomic E-state index is -4.04. The summed E-state index contributed by atoms with van der Waals surface area (Å²) >= 11 is 3.56. The van der Waals surface area contributed by atoms with Crippen molar-refractivity contribution in [3.8, 4) is 22.9 Å². The van der Waals surface area contributed by atoms with Crippen LogP contribution in [0.1, 0.15) is 56.0 Å². The highest BCUT2D eigenvalue weighted by molar-refractivity contribution is 9.10. The summed E-state index contributed by atoms with van der Waals surface area (Å²) in [5.74, 6) is -2.25. The van der Waals surface area contributed by atoms with Gasteiger partial charge in [-0.2, -0.15) is 0 Å². The van der Waals surface area contributed by atoms with Crippen molar-refractivity contribution in [2.75, 3.05) is 13.2 Å². The zero-order valence-electron chi connectivity index (χ0n) is 30.7. The van der Waals surface area contributed by atoms with E-state index in [1.54, 1.807) is 38.2 Å². The number of ether oxygens (including phenoxy) is 2. The molecule has 0 saturated carbocycles. The number of H-pyrrole nitrogens is 1. The lowest BCUT2D eigenvalue weighted by Crippen LogP contribution is -2.30. The zero-order chi connectivity index (χ0) is 39.7. The Kier molecular flexibility index (Phi) is 11.2. The van der Waals surface area contributed by atoms with E-state index in [9.17, 15) is 18.3 Å². The number of aromatic nitrogens is 3. The van der Waals surface area contributed by atoms with Crippen molar-refractivity contribution in [3.05, 3.63) is 136 Å². The molecule has 2 aromatic heterocycles. The summed E-state index contributed by atoms with van der Waals surface area (Å²) in [6, 6.07) is 20.8. The van der Waals surface area contributed by atoms with E-state index in [0.717, 1.165) is 25.6 Å². The maximum Gasteiger partial charge on any atom is 0.311 e. The van der Waals surface area contributed by atoms with E-state index in [2.05, 4.69) is 32.5 Å². The molecule has 0 amide bonds. The number of carbonyl (C=O) groups is 1. The predicted molar refractivity (Wildman–Crippen MR) is 212 cm³/mol. The lowest BCUT2D eigenvalue weighted by atomic mass is 9.76. The Hall–Kier alpha value is -5.11. The standard InChI is InChI=1S/C42H40BrF2N3O6S/c1-6-31-32-17-19-48(55(51,52)30-14-11-26(2)12-15-30)36(32)23-35(45)38(31)54-29-13-16-34(44)33(22-29)39-46-24-37(47-39)42(5,27-9-7-10-28(43)21-27)18-8-20-53-25-41(3,4)40(49)50/h6-7,9-17,19,21-24H,1,8,18,20,25H2,2-5H3,(H,46,47)(H,49,50). The third-order valence-electron chi connectivity index (χ3n) is 9.74. The molecule has 0 bridgehead atoms. The number of aromatic amines is 1. The minimum absolute atomic E-state index is 0.0551. The minimum Gasteiger partial charge on any atom is -0.481 e. The molecule has 55 heavy (non-hydrogen) atoms. The van der Waals surface area contributed by atoms with Crippen LogP contribution in [0.15, 0.2) is 107 Å². The van der Waals surface area contributed by atoms with Gasteiger partial charge in [0.2, 0.25) is 0 Å². The second-order valence-corrected chi connectivity index (χ2v) is 17.0. The highest BCUT2D eigenvalue weighted by Gasteiger charge is 2.32. The Balaban J connectivity index is 1.29. The van der Waals surface area contributed by atoms with Crippen LogP contribution in [0.25, 0.3) is 28.4 Å². The third kappa shape index (κ3) is 8.00. The van der Waals surface area contributed by atoms with Gasteiger partial charge < -0.3 is 19.6 Å². The summed E-state index contributed by atoms with van der Waals surface area (Å²) in [4.78, 5) is 19.4. The first-order valence-electron chi connectivity index (χ1n) is 17.4. The van der Waals surface area contributed by atoms with Crippen molar-refractivity contribution < 1.29 is 36.6 Å². The molecule has 4 aromatic carbocycles. The van der Waals surface area contributed by atoms with E-state index in [-0.39, 0.29) is 45.5 Å². The summed E-state index contributed by atoms with van der Waals surface area (Å²) in [5.41, 5.74) is 1.31. The quantitative estimate of drug-likeness (QED) is 0.0988. The predicted octanol–water partition coefficient (Wildman–Crippen LogP) is 10.3. The Morgan fingerprint density at radius 3 is 2.47 bits per heavy atom. The normalized spacial score (nSPS) is 13.1. The van der Waals surface area contributed by atoms with E-state index in [4.69, 9.17) is 9.47 Å². The SMILES string of the molecule is C=Cc1c(Oc2ccc(F)c(-c3ncc(C(C)(CCCOCC(C)(C)C(=O)O)c4cccc(Br)c4)[nH]3)c2)c(F)cc2c1ccn2S(=O)(=O)c1ccc(C)cc1. The number of fused-ring (bicyclic) bond motifs is 1. The molecule has 0 aliphatic rings. The van der Waals surface area contributed by atoms with Gasteiger partial charge in [0.05, 0.1) is 28.0 Å². The van der Waals surface area contributed by atoms with Gasteiger partial charge in [-0.1, -0.05) is 58.4 Å². The van der Waals surface area contributed by atoms with Crippen molar-refractivity contribution in [2.24, 2.45) is 5.41 Å². The Bertz CT molecular complexity index is 2510. The topological polar surface area (TPSA) is 124 Å². The van der Waals surface area contributed by atoms with E-state index in [1.165, 1.54) is 42.6 Å². The first kappa shape index (κ1) is 39.6. The maximum atomic E-state index is 15.9. The molecule has 0 radical (unpaired) electrons. The number of benzene rings is 4. The van der Waals surface area contributed by atoms with Crippen molar-refractivity contribution >= 4 is 48.9 Å². The third-order valence-corrected chi connectivity index (χ3v) is 11.9. The van der Waals surface area contributed by atoms with Crippen molar-refractivity contribution in [1.29, 1.82) is 0 Å². The van der Waals surface area contributed by atoms with E-state index in [1.807, 2.05) is 38.1 Å². The van der Waals surface area contributed by atoms with Crippen LogP contribution in [0.5, 0.6) is 11.5 Å². The molecule has 286 valence electrons. The van der Waals surface area contributed by atoms with Gasteiger partial charge in [0.15, 0.2) is 11.6 Å². The van der Waals surface area contributed by atoms with Gasteiger partial charge in [0.25, 0.3) is 10.0 Å². The average molecular weight is 833 g/mol. The summed E-state index contributed by atoms with van der Waals surface area (Å²) < 4.78 is 72.1. The first-order chi connectivity index (χ1) is 26.0. The Morgan fingerprint density at radius 2 is 1.78 bits per heavy atom. The highest BCUT2D eigenvalue weighted by atomic mass is 79.9. The fourth-order valence-electron chi connectivity index (χ4n) is 6.36. The summed E-state index contributed by atoms with van der Waals surface area (Å²) in [6.07, 6.45) is 5.57. The van der Waals surface area contributed by atoms with E-state index in [0.29, 0.717) is 30.5 Å². The number of halogens is 3. The molecule has 0 aliphatic carbocycles. The smallest absolute Gasteiger partial charge is 0.311 e. The van der Waals surface area contributed by atoms with Crippen LogP contribution in [0.4, 0.5) is 8.78 Å². The molecule has 13 heteroatoms. The van der Waals surface area contributed by atoms with Crippen LogP contribution in [-0.4, -0.2) is 46.6 Å². The van der Waals surface area contributed by atoms with Crippen LogP contribution in [0.2, 0.25) is 0 Å². The van der Waals surface area contributed by atoms with Crippen molar-refractivity contribution in [1.82, 2.24) is 13.9 Å². The van der Waals surface area contributed by atoms with Crippen LogP contribution < -0.4 is 4.74 Å². The zero-order valence-corrected chi connectivity index (χ0v) is 33.1. The number of nitrogens with one attached hydrogen (secondary N) is 1. The molecule has 6 rings (SSSR count). The van der Waals surface area contributed by atoms with Gasteiger partial charge in [-0.05, 0) is 94.6 Å². The van der Waals surface area contributed by atoms with Crippen LogP contribution in [0, 0.1) is 24.0 Å². The molecule has 0 saturated heterocycles. The van der Waals surface area contributed by atoms with Crippen LogP contribution in [0.3, 0.4) is 0 Å². The van der Waals surface area contributed by atoms with Crippen LogP contribution >= 0.6 is 15.9 Å². The van der Waals surface area contributed by atoms with Crippen molar-refractivity contribution in [2.45, 2.75) is 50.8 Å². The molecule has 2 heterocycles. The highest BCUT2D eigenvalue weighted by Crippen LogP contribution is 2.40.